The summed E-state index contributed by atoms with van der Waals surface area (Å²) in [5.74, 6) is 0. The Labute approximate surface area is 93.6 Å². The fourth-order valence-corrected chi connectivity index (χ4v) is 3.20. The van der Waals surface area contributed by atoms with Crippen LogP contribution in [0.4, 0.5) is 0 Å². The van der Waals surface area contributed by atoms with E-state index in [1.54, 1.807) is 11.1 Å². The van der Waals surface area contributed by atoms with Crippen LogP contribution in [0.2, 0.25) is 0 Å². The lowest BCUT2D eigenvalue weighted by Crippen LogP contribution is -2.21. The number of aliphatic hydroxyl groups is 1. The van der Waals surface area contributed by atoms with Crippen LogP contribution in [0.25, 0.3) is 0 Å². The fourth-order valence-electron chi connectivity index (χ4n) is 3.20. The molecular weight excluding hydrogens is 184 g/mol. The van der Waals surface area contributed by atoms with Crippen LogP contribution >= 0.6 is 0 Å². The normalized spacial score (nSPS) is 36.6. The molecule has 2 aliphatic carbocycles. The third kappa shape index (κ3) is 2.84. The molecule has 2 rings (SSSR count). The van der Waals surface area contributed by atoms with Crippen LogP contribution in [0.3, 0.4) is 0 Å². The van der Waals surface area contributed by atoms with Crippen molar-refractivity contribution in [2.45, 2.75) is 71.3 Å². The van der Waals surface area contributed by atoms with Crippen LogP contribution in [-0.2, 0) is 0 Å². The first-order chi connectivity index (χ1) is 7.07. The lowest BCUT2D eigenvalue weighted by Gasteiger charge is -2.34. The largest absolute Gasteiger partial charge is 0.393 e. The molecule has 1 N–H and O–H groups in total. The Hall–Kier alpha value is -0.300. The Morgan fingerprint density at radius 2 is 1.87 bits per heavy atom. The van der Waals surface area contributed by atoms with Gasteiger partial charge >= 0.3 is 0 Å². The zero-order valence-electron chi connectivity index (χ0n) is 10.2. The quantitative estimate of drug-likeness (QED) is 0.600. The van der Waals surface area contributed by atoms with E-state index in [4.69, 9.17) is 0 Å². The van der Waals surface area contributed by atoms with Crippen LogP contribution in [-0.4, -0.2) is 11.2 Å². The van der Waals surface area contributed by atoms with Gasteiger partial charge in [0.2, 0.25) is 0 Å². The first kappa shape index (κ1) is 11.2. The maximum atomic E-state index is 9.71. The first-order valence-electron chi connectivity index (χ1n) is 6.45. The second-order valence-electron chi connectivity index (χ2n) is 6.15. The second-order valence-corrected chi connectivity index (χ2v) is 6.15. The number of hydrogen-bond donors (Lipinski definition) is 1. The van der Waals surface area contributed by atoms with E-state index in [0.717, 1.165) is 12.8 Å². The predicted molar refractivity (Wildman–Crippen MR) is 63.7 cm³/mol. The monoisotopic (exact) mass is 208 g/mol. The van der Waals surface area contributed by atoms with Crippen LogP contribution in [0.5, 0.6) is 0 Å². The summed E-state index contributed by atoms with van der Waals surface area (Å²) in [5, 5.41) is 9.71. The summed E-state index contributed by atoms with van der Waals surface area (Å²) in [6.07, 6.45) is 9.66. The summed E-state index contributed by atoms with van der Waals surface area (Å²) < 4.78 is 0. The first-order valence-corrected chi connectivity index (χ1v) is 6.45. The van der Waals surface area contributed by atoms with Crippen molar-refractivity contribution in [3.05, 3.63) is 11.1 Å². The van der Waals surface area contributed by atoms with Gasteiger partial charge in [-0.05, 0) is 56.8 Å². The van der Waals surface area contributed by atoms with Gasteiger partial charge in [0.15, 0.2) is 0 Å². The standard InChI is InChI=1S/C14H24O/c1-14(2)8-4-6-12(10-14)11-5-3-7-13(15)9-11/h13,15H,3-10H2,1-2H3. The van der Waals surface area contributed by atoms with Crippen molar-refractivity contribution in [3.63, 3.8) is 0 Å². The molecule has 0 heterocycles. The van der Waals surface area contributed by atoms with Gasteiger partial charge in [-0.15, -0.1) is 0 Å². The highest BCUT2D eigenvalue weighted by atomic mass is 16.3. The molecule has 2 saturated carbocycles. The minimum absolute atomic E-state index is 0.0497. The van der Waals surface area contributed by atoms with Crippen molar-refractivity contribution in [1.82, 2.24) is 0 Å². The van der Waals surface area contributed by atoms with Crippen molar-refractivity contribution >= 4 is 0 Å². The molecule has 0 aromatic carbocycles. The van der Waals surface area contributed by atoms with Crippen molar-refractivity contribution in [2.24, 2.45) is 5.41 Å². The summed E-state index contributed by atoms with van der Waals surface area (Å²) in [5.41, 5.74) is 3.79. The topological polar surface area (TPSA) is 20.2 Å². The molecule has 0 spiro atoms. The summed E-state index contributed by atoms with van der Waals surface area (Å²) in [4.78, 5) is 0. The highest BCUT2D eigenvalue weighted by Gasteiger charge is 2.27. The van der Waals surface area contributed by atoms with E-state index in [0.29, 0.717) is 5.41 Å². The number of allylic oxidation sites excluding steroid dienone is 1. The van der Waals surface area contributed by atoms with Gasteiger partial charge in [0, 0.05) is 0 Å². The van der Waals surface area contributed by atoms with E-state index in [2.05, 4.69) is 13.8 Å². The minimum atomic E-state index is -0.0497. The van der Waals surface area contributed by atoms with Crippen LogP contribution in [0.1, 0.15) is 65.2 Å². The van der Waals surface area contributed by atoms with Crippen molar-refractivity contribution < 1.29 is 5.11 Å². The van der Waals surface area contributed by atoms with E-state index in [1.165, 1.54) is 38.5 Å². The smallest absolute Gasteiger partial charge is 0.0577 e. The van der Waals surface area contributed by atoms with E-state index in [-0.39, 0.29) is 6.10 Å². The number of hydrogen-bond acceptors (Lipinski definition) is 1. The molecule has 0 saturated heterocycles. The fraction of sp³-hybridized carbons (Fsp3) is 0.857. The molecule has 0 aromatic heterocycles. The van der Waals surface area contributed by atoms with Crippen LogP contribution in [0.15, 0.2) is 11.1 Å². The van der Waals surface area contributed by atoms with Crippen molar-refractivity contribution in [3.8, 4) is 0 Å². The highest BCUT2D eigenvalue weighted by molar-refractivity contribution is 5.20. The van der Waals surface area contributed by atoms with Gasteiger partial charge in [-0.25, -0.2) is 0 Å². The molecular formula is C14H24O. The maximum Gasteiger partial charge on any atom is 0.0577 e. The van der Waals surface area contributed by atoms with E-state index in [9.17, 15) is 5.11 Å². The lowest BCUT2D eigenvalue weighted by molar-refractivity contribution is 0.147. The zero-order chi connectivity index (χ0) is 10.9. The molecule has 1 atom stereocenters. The van der Waals surface area contributed by atoms with Gasteiger partial charge in [-0.2, -0.15) is 0 Å². The third-order valence-electron chi connectivity index (χ3n) is 4.02. The Bertz CT molecular complexity index is 263. The summed E-state index contributed by atoms with van der Waals surface area (Å²) in [6, 6.07) is 0. The molecule has 1 unspecified atom stereocenters. The maximum absolute atomic E-state index is 9.71. The number of aliphatic hydroxyl groups excluding tert-OH is 1. The summed E-state index contributed by atoms with van der Waals surface area (Å²) >= 11 is 0. The highest BCUT2D eigenvalue weighted by Crippen LogP contribution is 2.41. The summed E-state index contributed by atoms with van der Waals surface area (Å²) in [6.45, 7) is 4.76. The molecule has 2 aliphatic rings. The molecule has 0 aromatic rings. The molecule has 0 aliphatic heterocycles. The Balaban J connectivity index is 2.10. The lowest BCUT2D eigenvalue weighted by atomic mass is 9.72. The molecule has 1 nitrogen and oxygen atoms in total. The van der Waals surface area contributed by atoms with Crippen molar-refractivity contribution in [2.75, 3.05) is 0 Å². The average Bonchev–Trinajstić information content (AvgIpc) is 2.16. The third-order valence-corrected chi connectivity index (χ3v) is 4.02. The van der Waals surface area contributed by atoms with Gasteiger partial charge in [-0.3, -0.25) is 0 Å². The molecule has 1 heteroatoms. The van der Waals surface area contributed by atoms with Gasteiger partial charge < -0.3 is 5.11 Å². The van der Waals surface area contributed by atoms with Gasteiger partial charge in [0.25, 0.3) is 0 Å². The average molecular weight is 208 g/mol. The molecule has 0 amide bonds. The van der Waals surface area contributed by atoms with Gasteiger partial charge in [0.1, 0.15) is 0 Å². The predicted octanol–water partition coefficient (Wildman–Crippen LogP) is 3.82. The Morgan fingerprint density at radius 1 is 1.13 bits per heavy atom. The van der Waals surface area contributed by atoms with Crippen molar-refractivity contribution in [1.29, 1.82) is 0 Å². The number of rotatable bonds is 0. The van der Waals surface area contributed by atoms with Gasteiger partial charge in [0.05, 0.1) is 6.10 Å². The summed E-state index contributed by atoms with van der Waals surface area (Å²) in [7, 11) is 0. The Kier molecular flexibility index (Phi) is 3.20. The van der Waals surface area contributed by atoms with E-state index < -0.39 is 0 Å². The van der Waals surface area contributed by atoms with Crippen LogP contribution in [0, 0.1) is 5.41 Å². The second kappa shape index (κ2) is 4.29. The van der Waals surface area contributed by atoms with Gasteiger partial charge in [-0.1, -0.05) is 25.0 Å². The van der Waals surface area contributed by atoms with E-state index >= 15 is 0 Å². The van der Waals surface area contributed by atoms with Crippen LogP contribution < -0.4 is 0 Å². The zero-order valence-corrected chi connectivity index (χ0v) is 10.2. The molecule has 0 bridgehead atoms. The molecule has 2 fully saturated rings. The molecule has 15 heavy (non-hydrogen) atoms. The Morgan fingerprint density at radius 3 is 2.53 bits per heavy atom. The minimum Gasteiger partial charge on any atom is -0.393 e. The molecule has 0 radical (unpaired) electrons. The SMILES string of the molecule is CC1(C)CCCC(=C2CCCC(O)C2)C1. The molecule has 86 valence electrons. The van der Waals surface area contributed by atoms with E-state index in [1.807, 2.05) is 0 Å².